The van der Waals surface area contributed by atoms with Gasteiger partial charge in [0.15, 0.2) is 5.58 Å². The van der Waals surface area contributed by atoms with Crippen molar-refractivity contribution in [3.63, 3.8) is 0 Å². The molecule has 2 aromatic carbocycles. The van der Waals surface area contributed by atoms with Gasteiger partial charge in [-0.2, -0.15) is 4.98 Å². The van der Waals surface area contributed by atoms with Gasteiger partial charge in [0.05, 0.1) is 12.8 Å². The second kappa shape index (κ2) is 6.97. The van der Waals surface area contributed by atoms with Gasteiger partial charge in [-0.1, -0.05) is 23.7 Å². The Kier molecular flexibility index (Phi) is 4.88. The van der Waals surface area contributed by atoms with E-state index in [1.54, 1.807) is 43.3 Å². The van der Waals surface area contributed by atoms with Crippen LogP contribution in [0.5, 0.6) is 5.75 Å². The number of ether oxygens (including phenoxy) is 1. The molecule has 1 N–H and O–H groups in total. The van der Waals surface area contributed by atoms with Gasteiger partial charge in [0.1, 0.15) is 17.0 Å². The summed E-state index contributed by atoms with van der Waals surface area (Å²) in [6, 6.07) is 9.78. The smallest absolute Gasteiger partial charge is 0.316 e. The standard InChI is InChI=1S/C17H15ClN2O5S/c1-10-7-13(15(24-2)8-11(10)18)19-16(21)9-26(22,23)17-20-12-5-3-4-6-14(12)25-17/h3-8H,9H2,1-2H3,(H,19,21). The van der Waals surface area contributed by atoms with E-state index < -0.39 is 26.7 Å². The van der Waals surface area contributed by atoms with Gasteiger partial charge in [0.2, 0.25) is 15.7 Å². The molecule has 0 aliphatic heterocycles. The zero-order valence-corrected chi connectivity index (χ0v) is 15.5. The number of benzene rings is 2. The molecule has 0 aliphatic carbocycles. The first-order chi connectivity index (χ1) is 12.3. The highest BCUT2D eigenvalue weighted by atomic mass is 35.5. The maximum atomic E-state index is 12.4. The monoisotopic (exact) mass is 394 g/mol. The number of hydrogen-bond acceptors (Lipinski definition) is 6. The predicted octanol–water partition coefficient (Wildman–Crippen LogP) is 3.21. The summed E-state index contributed by atoms with van der Waals surface area (Å²) in [6.07, 6.45) is 0. The van der Waals surface area contributed by atoms with Crippen LogP contribution >= 0.6 is 11.6 Å². The Labute approximate surface area is 154 Å². The number of carbonyl (C=O) groups excluding carboxylic acids is 1. The fourth-order valence-corrected chi connectivity index (χ4v) is 3.48. The summed E-state index contributed by atoms with van der Waals surface area (Å²) in [4.78, 5) is 16.2. The summed E-state index contributed by atoms with van der Waals surface area (Å²) in [5.74, 6) is -1.23. The van der Waals surface area contributed by atoms with Gasteiger partial charge < -0.3 is 14.5 Å². The minimum atomic E-state index is -4.04. The Bertz CT molecular complexity index is 1060. The van der Waals surface area contributed by atoms with E-state index in [9.17, 15) is 13.2 Å². The quantitative estimate of drug-likeness (QED) is 0.713. The van der Waals surface area contributed by atoms with Gasteiger partial charge in [-0.15, -0.1) is 0 Å². The summed E-state index contributed by atoms with van der Waals surface area (Å²) in [7, 11) is -2.61. The van der Waals surface area contributed by atoms with Crippen LogP contribution in [0.3, 0.4) is 0 Å². The molecule has 1 aromatic heterocycles. The maximum Gasteiger partial charge on any atom is 0.316 e. The molecule has 3 rings (SSSR count). The molecule has 1 amide bonds. The number of methoxy groups -OCH3 is 1. The predicted molar refractivity (Wildman–Crippen MR) is 97.4 cm³/mol. The number of anilines is 1. The molecule has 0 aliphatic rings. The van der Waals surface area contributed by atoms with Crippen molar-refractivity contribution in [1.29, 1.82) is 0 Å². The molecule has 136 valence electrons. The topological polar surface area (TPSA) is 98.5 Å². The average Bonchev–Trinajstić information content (AvgIpc) is 3.02. The van der Waals surface area contributed by atoms with Crippen molar-refractivity contribution in [1.82, 2.24) is 4.98 Å². The van der Waals surface area contributed by atoms with Gasteiger partial charge in [-0.25, -0.2) is 8.42 Å². The number of sulfone groups is 1. The number of para-hydroxylation sites is 2. The van der Waals surface area contributed by atoms with Gasteiger partial charge in [0.25, 0.3) is 0 Å². The van der Waals surface area contributed by atoms with Crippen LogP contribution in [0.25, 0.3) is 11.1 Å². The third-order valence-electron chi connectivity index (χ3n) is 3.62. The van der Waals surface area contributed by atoms with Gasteiger partial charge in [-0.05, 0) is 30.7 Å². The second-order valence-electron chi connectivity index (χ2n) is 5.56. The molecular formula is C17H15ClN2O5S. The van der Waals surface area contributed by atoms with Crippen LogP contribution in [0, 0.1) is 6.92 Å². The van der Waals surface area contributed by atoms with Gasteiger partial charge >= 0.3 is 5.22 Å². The van der Waals surface area contributed by atoms with Crippen LogP contribution in [-0.2, 0) is 14.6 Å². The molecule has 0 saturated carbocycles. The van der Waals surface area contributed by atoms with E-state index >= 15 is 0 Å². The summed E-state index contributed by atoms with van der Waals surface area (Å²) < 4.78 is 35.2. The lowest BCUT2D eigenvalue weighted by Gasteiger charge is -2.12. The Hall–Kier alpha value is -2.58. The van der Waals surface area contributed by atoms with Crippen molar-refractivity contribution in [3.8, 4) is 5.75 Å². The van der Waals surface area contributed by atoms with E-state index in [1.165, 1.54) is 7.11 Å². The highest BCUT2D eigenvalue weighted by molar-refractivity contribution is 7.91. The number of hydrogen-bond donors (Lipinski definition) is 1. The van der Waals surface area contributed by atoms with E-state index in [-0.39, 0.29) is 0 Å². The van der Waals surface area contributed by atoms with Crippen LogP contribution in [0.1, 0.15) is 5.56 Å². The molecule has 9 heteroatoms. The largest absolute Gasteiger partial charge is 0.495 e. The van der Waals surface area contributed by atoms with Crippen molar-refractivity contribution >= 4 is 44.1 Å². The first kappa shape index (κ1) is 18.2. The molecular weight excluding hydrogens is 380 g/mol. The molecule has 3 aromatic rings. The number of rotatable bonds is 5. The number of oxazole rings is 1. The Morgan fingerprint density at radius 3 is 2.73 bits per heavy atom. The van der Waals surface area contributed by atoms with Gasteiger partial charge in [-0.3, -0.25) is 4.79 Å². The first-order valence-electron chi connectivity index (χ1n) is 7.52. The van der Waals surface area contributed by atoms with Crippen LogP contribution < -0.4 is 10.1 Å². The molecule has 26 heavy (non-hydrogen) atoms. The van der Waals surface area contributed by atoms with Crippen molar-refractivity contribution in [2.45, 2.75) is 12.1 Å². The zero-order chi connectivity index (χ0) is 18.9. The molecule has 0 saturated heterocycles. The minimum Gasteiger partial charge on any atom is -0.495 e. The molecule has 7 nitrogen and oxygen atoms in total. The van der Waals surface area contributed by atoms with Crippen LogP contribution in [0.15, 0.2) is 46.0 Å². The lowest BCUT2D eigenvalue weighted by molar-refractivity contribution is -0.113. The number of aromatic nitrogens is 1. The molecule has 0 bridgehead atoms. The number of nitrogens with zero attached hydrogens (tertiary/aromatic N) is 1. The number of halogens is 1. The van der Waals surface area contributed by atoms with E-state index in [0.29, 0.717) is 33.1 Å². The fourth-order valence-electron chi connectivity index (χ4n) is 2.33. The van der Waals surface area contributed by atoms with E-state index in [1.807, 2.05) is 0 Å². The summed E-state index contributed by atoms with van der Waals surface area (Å²) >= 11 is 6.02. The fraction of sp³-hybridized carbons (Fsp3) is 0.176. The van der Waals surface area contributed by atoms with Crippen molar-refractivity contribution in [3.05, 3.63) is 47.0 Å². The molecule has 1 heterocycles. The molecule has 0 spiro atoms. The lowest BCUT2D eigenvalue weighted by atomic mass is 10.2. The normalized spacial score (nSPS) is 11.5. The third-order valence-corrected chi connectivity index (χ3v) is 5.37. The molecule has 0 atom stereocenters. The minimum absolute atomic E-state index is 0.326. The van der Waals surface area contributed by atoms with Crippen LogP contribution in [0.4, 0.5) is 5.69 Å². The highest BCUT2D eigenvalue weighted by Crippen LogP contribution is 2.31. The van der Waals surface area contributed by atoms with E-state index in [2.05, 4.69) is 10.3 Å². The number of aryl methyl sites for hydroxylation is 1. The number of carbonyl (C=O) groups is 1. The van der Waals surface area contributed by atoms with E-state index in [0.717, 1.165) is 0 Å². The van der Waals surface area contributed by atoms with E-state index in [4.69, 9.17) is 20.8 Å². The first-order valence-corrected chi connectivity index (χ1v) is 9.55. The Morgan fingerprint density at radius 2 is 2.04 bits per heavy atom. The number of fused-ring (bicyclic) bond motifs is 1. The van der Waals surface area contributed by atoms with Crippen LogP contribution in [0.2, 0.25) is 5.02 Å². The number of amides is 1. The van der Waals surface area contributed by atoms with Crippen molar-refractivity contribution in [2.75, 3.05) is 18.2 Å². The summed E-state index contributed by atoms with van der Waals surface area (Å²) in [5, 5.41) is 2.50. The zero-order valence-electron chi connectivity index (χ0n) is 13.9. The van der Waals surface area contributed by atoms with Gasteiger partial charge in [0, 0.05) is 11.1 Å². The lowest BCUT2D eigenvalue weighted by Crippen LogP contribution is -2.23. The van der Waals surface area contributed by atoms with Crippen molar-refractivity contribution < 1.29 is 22.4 Å². The van der Waals surface area contributed by atoms with Crippen LogP contribution in [-0.4, -0.2) is 32.2 Å². The average molecular weight is 395 g/mol. The molecule has 0 unspecified atom stereocenters. The Balaban J connectivity index is 1.82. The third kappa shape index (κ3) is 3.66. The SMILES string of the molecule is COc1cc(Cl)c(C)cc1NC(=O)CS(=O)(=O)c1nc2ccccc2o1. The number of nitrogens with one attached hydrogen (secondary N) is 1. The maximum absolute atomic E-state index is 12.4. The second-order valence-corrected chi connectivity index (χ2v) is 7.83. The van der Waals surface area contributed by atoms with Crippen molar-refractivity contribution in [2.24, 2.45) is 0 Å². The molecule has 0 radical (unpaired) electrons. The summed E-state index contributed by atoms with van der Waals surface area (Å²) in [5.41, 5.74) is 1.78. The summed E-state index contributed by atoms with van der Waals surface area (Å²) in [6.45, 7) is 1.76. The molecule has 0 fully saturated rings. The Morgan fingerprint density at radius 1 is 1.31 bits per heavy atom. The highest BCUT2D eigenvalue weighted by Gasteiger charge is 2.26.